The van der Waals surface area contributed by atoms with E-state index in [1.54, 1.807) is 41.5 Å². The van der Waals surface area contributed by atoms with Gasteiger partial charge in [-0.3, -0.25) is 14.4 Å². The average Bonchev–Trinajstić information content (AvgIpc) is 3.25. The van der Waals surface area contributed by atoms with Crippen LogP contribution < -0.4 is 0 Å². The van der Waals surface area contributed by atoms with Gasteiger partial charge in [-0.25, -0.2) is 4.79 Å². The summed E-state index contributed by atoms with van der Waals surface area (Å²) in [5.41, 5.74) is -2.52. The molecule has 4 N–H and O–H groups in total. The number of likely N-dealkylation sites (N-methyl/N-ethyl adjacent to an activating group) is 2. The molecule has 0 aromatic heterocycles. The molecule has 12 nitrogen and oxygen atoms in total. The van der Waals surface area contributed by atoms with Crippen molar-refractivity contribution >= 4 is 23.7 Å². The number of hydrogen-bond donors (Lipinski definition) is 4. The van der Waals surface area contributed by atoms with Crippen LogP contribution in [0.15, 0.2) is 12.2 Å². The lowest BCUT2D eigenvalue weighted by atomic mass is 9.52. The van der Waals surface area contributed by atoms with Crippen LogP contribution >= 0.6 is 0 Å². The van der Waals surface area contributed by atoms with Gasteiger partial charge in [-0.1, -0.05) is 60.6 Å². The van der Waals surface area contributed by atoms with E-state index in [0.29, 0.717) is 25.7 Å². The Balaban J connectivity index is 1.93. The molecule has 12 heteroatoms. The Morgan fingerprint density at radius 2 is 1.40 bits per heavy atom. The molecule has 0 aromatic rings. The van der Waals surface area contributed by atoms with Gasteiger partial charge in [0.25, 0.3) is 5.91 Å². The molecule has 286 valence electrons. The van der Waals surface area contributed by atoms with Crippen LogP contribution in [0.3, 0.4) is 0 Å². The first kappa shape index (κ1) is 41.9. The smallest absolute Gasteiger partial charge is 0.332 e. The summed E-state index contributed by atoms with van der Waals surface area (Å²) in [5.74, 6) is -3.76. The first-order valence-corrected chi connectivity index (χ1v) is 18.3. The second-order valence-corrected chi connectivity index (χ2v) is 17.3. The molecule has 2 aliphatic carbocycles. The predicted octanol–water partition coefficient (Wildman–Crippen LogP) is 2.75. The second kappa shape index (κ2) is 15.2. The Labute approximate surface area is 299 Å². The number of nitrogens with zero attached hydrogens (tertiary/aromatic N) is 3. The molecule has 3 fully saturated rings. The van der Waals surface area contributed by atoms with Gasteiger partial charge in [-0.2, -0.15) is 0 Å². The summed E-state index contributed by atoms with van der Waals surface area (Å²) in [6, 6.07) is -3.68. The number of ether oxygens (including phenoxy) is 1. The van der Waals surface area contributed by atoms with Crippen LogP contribution in [0.2, 0.25) is 0 Å². The van der Waals surface area contributed by atoms with Gasteiger partial charge in [0.15, 0.2) is 6.04 Å². The molecule has 2 saturated carbocycles. The zero-order valence-electron chi connectivity index (χ0n) is 32.5. The van der Waals surface area contributed by atoms with Crippen molar-refractivity contribution in [3.63, 3.8) is 0 Å². The molecule has 3 amide bonds. The number of aliphatic hydroxyl groups is 4. The minimum atomic E-state index is -2.05. The van der Waals surface area contributed by atoms with Crippen LogP contribution in [-0.2, 0) is 23.9 Å². The molecule has 1 saturated heterocycles. The maximum absolute atomic E-state index is 14.5. The van der Waals surface area contributed by atoms with E-state index < -0.39 is 82.7 Å². The fraction of sp³-hybridized carbons (Fsp3) is 0.842. The molecule has 0 bridgehead atoms. The molecule has 1 heterocycles. The van der Waals surface area contributed by atoms with E-state index in [0.717, 1.165) is 16.9 Å². The van der Waals surface area contributed by atoms with Gasteiger partial charge >= 0.3 is 5.97 Å². The van der Waals surface area contributed by atoms with Gasteiger partial charge < -0.3 is 39.9 Å². The summed E-state index contributed by atoms with van der Waals surface area (Å²) < 4.78 is 6.23. The van der Waals surface area contributed by atoms with Gasteiger partial charge in [0.1, 0.15) is 36.0 Å². The highest BCUT2D eigenvalue weighted by Crippen LogP contribution is 2.57. The molecule has 0 radical (unpaired) electrons. The van der Waals surface area contributed by atoms with Crippen LogP contribution in [-0.4, -0.2) is 127 Å². The summed E-state index contributed by atoms with van der Waals surface area (Å²) >= 11 is 0. The second-order valence-electron chi connectivity index (χ2n) is 17.3. The van der Waals surface area contributed by atoms with Crippen LogP contribution in [0, 0.1) is 35.0 Å². The standard InChI is InChI=1S/C38H65N3O9/c1-20(2)24-14-16-36(9)25(18-24)37(10,48)17-15-27(36)50-35(47)31-38(11,49)26(42)19-41(31)33(45)29(22(5)6)39(12)32(44)28(21(3)4)40(13)34(46)30(43)23(7)8/h21-31,42-43,48-49H,1,14-19H2,2-13H3/t24-,25-,26+,27-,28-,29-,30+,31+,36-,37-,38+/m0/s1. The number of rotatable bonds is 11. The van der Waals surface area contributed by atoms with Crippen molar-refractivity contribution < 1.29 is 44.3 Å². The SMILES string of the molecule is C=C(C)[C@H]1CC[C@]2(C)[C@@H](OC(=O)[C@H]3N(C(=O)[C@H](C(C)C)N(C)C(=O)[C@H](C(C)C)N(C)C(=O)[C@H](O)C(C)C)C[C@@H](O)[C@@]3(C)O)CC[C@](C)(O)[C@H]2C1. The summed E-state index contributed by atoms with van der Waals surface area (Å²) in [7, 11) is 2.92. The van der Waals surface area contributed by atoms with Gasteiger partial charge in [0, 0.05) is 19.5 Å². The molecule has 50 heavy (non-hydrogen) atoms. The van der Waals surface area contributed by atoms with E-state index in [2.05, 4.69) is 6.58 Å². The third-order valence-corrected chi connectivity index (χ3v) is 12.3. The number of allylic oxidation sites excluding steroid dienone is 1. The first-order valence-electron chi connectivity index (χ1n) is 18.3. The fourth-order valence-electron chi connectivity index (χ4n) is 8.95. The van der Waals surface area contributed by atoms with E-state index in [4.69, 9.17) is 4.74 Å². The molecule has 0 aromatic carbocycles. The molecule has 11 atom stereocenters. The maximum Gasteiger partial charge on any atom is 0.332 e. The Kier molecular flexibility index (Phi) is 12.7. The number of hydrogen-bond acceptors (Lipinski definition) is 9. The zero-order chi connectivity index (χ0) is 38.4. The fourth-order valence-corrected chi connectivity index (χ4v) is 8.95. The summed E-state index contributed by atoms with van der Waals surface area (Å²) in [4.78, 5) is 59.5. The number of carbonyl (C=O) groups is 4. The number of amides is 3. The molecule has 0 spiro atoms. The number of esters is 1. The van der Waals surface area contributed by atoms with Crippen molar-refractivity contribution in [3.05, 3.63) is 12.2 Å². The Morgan fingerprint density at radius 3 is 1.90 bits per heavy atom. The quantitative estimate of drug-likeness (QED) is 0.187. The Bertz CT molecular complexity index is 1300. The molecule has 0 unspecified atom stereocenters. The number of carbonyl (C=O) groups excluding carboxylic acids is 4. The molecular weight excluding hydrogens is 642 g/mol. The van der Waals surface area contributed by atoms with Gasteiger partial charge in [-0.05, 0) is 82.5 Å². The van der Waals surface area contributed by atoms with Crippen LogP contribution in [0.1, 0.15) is 101 Å². The lowest BCUT2D eigenvalue weighted by Crippen LogP contribution is -2.62. The molecule has 3 aliphatic rings. The third kappa shape index (κ3) is 7.78. The summed E-state index contributed by atoms with van der Waals surface area (Å²) in [5, 5.41) is 44.5. The average molecular weight is 708 g/mol. The molecular formula is C38H65N3O9. The van der Waals surface area contributed by atoms with Gasteiger partial charge in [0.05, 0.1) is 12.1 Å². The maximum atomic E-state index is 14.5. The predicted molar refractivity (Wildman–Crippen MR) is 189 cm³/mol. The van der Waals surface area contributed by atoms with E-state index in [9.17, 15) is 39.6 Å². The largest absolute Gasteiger partial charge is 0.460 e. The first-order chi connectivity index (χ1) is 22.8. The van der Waals surface area contributed by atoms with E-state index in [1.165, 1.54) is 30.8 Å². The zero-order valence-corrected chi connectivity index (χ0v) is 32.5. The highest BCUT2D eigenvalue weighted by atomic mass is 16.5. The lowest BCUT2D eigenvalue weighted by molar-refractivity contribution is -0.203. The van der Waals surface area contributed by atoms with Crippen molar-refractivity contribution in [1.29, 1.82) is 0 Å². The summed E-state index contributed by atoms with van der Waals surface area (Å²) in [6.45, 7) is 21.4. The van der Waals surface area contributed by atoms with Crippen molar-refractivity contribution in [2.45, 2.75) is 149 Å². The van der Waals surface area contributed by atoms with Crippen molar-refractivity contribution in [3.8, 4) is 0 Å². The lowest BCUT2D eigenvalue weighted by Gasteiger charge is -2.57. The minimum absolute atomic E-state index is 0.171. The monoisotopic (exact) mass is 707 g/mol. The summed E-state index contributed by atoms with van der Waals surface area (Å²) in [6.07, 6.45) is -0.326. The van der Waals surface area contributed by atoms with Crippen LogP contribution in [0.5, 0.6) is 0 Å². The van der Waals surface area contributed by atoms with E-state index >= 15 is 0 Å². The topological polar surface area (TPSA) is 168 Å². The third-order valence-electron chi connectivity index (χ3n) is 12.3. The van der Waals surface area contributed by atoms with Gasteiger partial charge in [-0.15, -0.1) is 0 Å². The number of fused-ring (bicyclic) bond motifs is 1. The van der Waals surface area contributed by atoms with Crippen LogP contribution in [0.4, 0.5) is 0 Å². The number of aliphatic hydroxyl groups excluding tert-OH is 2. The highest BCUT2D eigenvalue weighted by Gasteiger charge is 2.60. The van der Waals surface area contributed by atoms with E-state index in [1.807, 2.05) is 20.8 Å². The van der Waals surface area contributed by atoms with Gasteiger partial charge in [0.2, 0.25) is 11.8 Å². The number of β-amino-alcohol motifs (C(OH)–C–C–N with tert-alkyl or cyclic N) is 1. The van der Waals surface area contributed by atoms with Crippen molar-refractivity contribution in [1.82, 2.24) is 14.7 Å². The Hall–Kier alpha value is -2.54. The number of likely N-dealkylation sites (tertiary alicyclic amines) is 1. The highest BCUT2D eigenvalue weighted by molar-refractivity contribution is 5.95. The normalized spacial score (nSPS) is 34.6. The molecule has 1 aliphatic heterocycles. The van der Waals surface area contributed by atoms with Crippen LogP contribution in [0.25, 0.3) is 0 Å². The minimum Gasteiger partial charge on any atom is -0.460 e. The Morgan fingerprint density at radius 1 is 0.860 bits per heavy atom. The van der Waals surface area contributed by atoms with Crippen molar-refractivity contribution in [2.24, 2.45) is 35.0 Å². The van der Waals surface area contributed by atoms with Crippen molar-refractivity contribution in [2.75, 3.05) is 20.6 Å². The molecule has 3 rings (SSSR count). The van der Waals surface area contributed by atoms with E-state index in [-0.39, 0.29) is 30.2 Å².